The molecule has 4 heterocycles. The first-order valence-corrected chi connectivity index (χ1v) is 18.4. The lowest BCUT2D eigenvalue weighted by atomic mass is 9.78. The van der Waals surface area contributed by atoms with Crippen molar-refractivity contribution in [2.24, 2.45) is 23.7 Å². The van der Waals surface area contributed by atoms with Crippen LogP contribution in [0.25, 0.3) is 31.2 Å². The van der Waals surface area contributed by atoms with Crippen LogP contribution in [0.3, 0.4) is 0 Å². The predicted molar refractivity (Wildman–Crippen MR) is 184 cm³/mol. The van der Waals surface area contributed by atoms with Crippen LogP contribution in [0.2, 0.25) is 0 Å². The van der Waals surface area contributed by atoms with Gasteiger partial charge in [-0.3, -0.25) is 0 Å². The number of hydrogen-bond donors (Lipinski definition) is 0. The van der Waals surface area contributed by atoms with Gasteiger partial charge in [0, 0.05) is 20.9 Å². The summed E-state index contributed by atoms with van der Waals surface area (Å²) in [4.78, 5) is 5.21. The zero-order valence-corrected chi connectivity index (χ0v) is 29.4. The van der Waals surface area contributed by atoms with Gasteiger partial charge >= 0.3 is 0 Å². The maximum absolute atomic E-state index is 7.26. The fourth-order valence-corrected chi connectivity index (χ4v) is 9.06. The molecule has 0 bridgehead atoms. The minimum absolute atomic E-state index is 0.310. The van der Waals surface area contributed by atoms with Crippen LogP contribution in [0.4, 0.5) is 0 Å². The van der Waals surface area contributed by atoms with Gasteiger partial charge in [-0.25, -0.2) is 4.63 Å². The largest absolute Gasteiger partial charge is 0.481 e. The molecule has 4 nitrogen and oxygen atoms in total. The smallest absolute Gasteiger partial charge is 0.144 e. The summed E-state index contributed by atoms with van der Waals surface area (Å²) in [5.41, 5.74) is 4.97. The van der Waals surface area contributed by atoms with Crippen molar-refractivity contribution in [3.8, 4) is 25.9 Å². The summed E-state index contributed by atoms with van der Waals surface area (Å²) in [6, 6.07) is 9.04. The van der Waals surface area contributed by atoms with E-state index in [1.165, 1.54) is 76.4 Å². The predicted octanol–water partition coefficient (Wildman–Crippen LogP) is 12.4. The normalized spacial score (nSPS) is 17.8. The molecular formula is C37H52N2O2S2. The summed E-state index contributed by atoms with van der Waals surface area (Å²) in [5, 5.41) is 8.56. The highest BCUT2D eigenvalue weighted by Crippen LogP contribution is 2.57. The van der Waals surface area contributed by atoms with Crippen molar-refractivity contribution in [1.82, 2.24) is 10.3 Å². The number of hydrogen-bond acceptors (Lipinski definition) is 6. The number of thiophene rings is 2. The summed E-state index contributed by atoms with van der Waals surface area (Å²) in [5.74, 6) is 4.01. The first-order chi connectivity index (χ1) is 20.6. The van der Waals surface area contributed by atoms with Gasteiger partial charge in [-0.05, 0) is 91.2 Å². The zero-order valence-electron chi connectivity index (χ0n) is 27.7. The maximum atomic E-state index is 7.26. The lowest BCUT2D eigenvalue weighted by molar-refractivity contribution is 0.0323. The molecular weight excluding hydrogens is 569 g/mol. The minimum atomic E-state index is -0.310. The van der Waals surface area contributed by atoms with E-state index in [9.17, 15) is 0 Å². The first-order valence-electron chi connectivity index (χ1n) is 16.7. The Morgan fingerprint density at radius 1 is 0.721 bits per heavy atom. The Kier molecular flexibility index (Phi) is 10.4. The second-order valence-electron chi connectivity index (χ2n) is 14.3. The van der Waals surface area contributed by atoms with Gasteiger partial charge in [-0.15, -0.1) is 22.7 Å². The first kappa shape index (κ1) is 32.2. The van der Waals surface area contributed by atoms with Crippen molar-refractivity contribution in [2.75, 3.05) is 0 Å². The van der Waals surface area contributed by atoms with Gasteiger partial charge < -0.3 is 4.74 Å². The molecule has 3 aromatic heterocycles. The van der Waals surface area contributed by atoms with Crippen LogP contribution in [0.1, 0.15) is 122 Å². The van der Waals surface area contributed by atoms with Gasteiger partial charge in [0.25, 0.3) is 0 Å². The van der Waals surface area contributed by atoms with Crippen molar-refractivity contribution >= 4 is 33.7 Å². The van der Waals surface area contributed by atoms with Crippen molar-refractivity contribution in [2.45, 2.75) is 125 Å². The van der Waals surface area contributed by atoms with Crippen LogP contribution in [0, 0.1) is 37.5 Å². The van der Waals surface area contributed by atoms with Gasteiger partial charge in [-0.1, -0.05) is 92.2 Å². The number of benzene rings is 1. The maximum Gasteiger partial charge on any atom is 0.144 e. The van der Waals surface area contributed by atoms with Crippen molar-refractivity contribution < 1.29 is 9.37 Å². The summed E-state index contributed by atoms with van der Waals surface area (Å²) in [7, 11) is 0. The number of aromatic nitrogens is 2. The van der Waals surface area contributed by atoms with Crippen LogP contribution in [0.15, 0.2) is 28.9 Å². The molecule has 0 spiro atoms. The zero-order chi connectivity index (χ0) is 30.7. The SMILES string of the molecule is Cc1cc2c(s1)-c1sc(-c3ccc(C)c4nonc34)cc1C(CCC(C)CCCC(C)C)(CCC(C)CCCC(C)C)O2. The fourth-order valence-electron chi connectivity index (χ4n) is 6.70. The molecule has 43 heavy (non-hydrogen) atoms. The Hall–Kier alpha value is -2.18. The van der Waals surface area contributed by atoms with E-state index in [-0.39, 0.29) is 5.60 Å². The van der Waals surface area contributed by atoms with Gasteiger partial charge in [0.1, 0.15) is 22.4 Å². The van der Waals surface area contributed by atoms with E-state index in [0.29, 0.717) is 11.8 Å². The molecule has 0 radical (unpaired) electrons. The summed E-state index contributed by atoms with van der Waals surface area (Å²) in [6.07, 6.45) is 12.3. The minimum Gasteiger partial charge on any atom is -0.481 e. The lowest BCUT2D eigenvalue weighted by Crippen LogP contribution is -2.36. The van der Waals surface area contributed by atoms with Crippen molar-refractivity contribution in [3.63, 3.8) is 0 Å². The van der Waals surface area contributed by atoms with Crippen LogP contribution < -0.4 is 4.74 Å². The van der Waals surface area contributed by atoms with E-state index in [1.807, 2.05) is 22.7 Å². The number of nitrogens with zero attached hydrogens (tertiary/aromatic N) is 2. The molecule has 0 fully saturated rings. The second-order valence-corrected chi connectivity index (χ2v) is 16.6. The van der Waals surface area contributed by atoms with Gasteiger partial charge in [0.15, 0.2) is 0 Å². The van der Waals surface area contributed by atoms with Crippen LogP contribution in [-0.2, 0) is 5.60 Å². The van der Waals surface area contributed by atoms with Crippen LogP contribution in [-0.4, -0.2) is 10.3 Å². The van der Waals surface area contributed by atoms with E-state index >= 15 is 0 Å². The Morgan fingerprint density at radius 2 is 1.35 bits per heavy atom. The molecule has 6 heteroatoms. The topological polar surface area (TPSA) is 48.2 Å². The molecule has 1 aliphatic rings. The third-order valence-electron chi connectivity index (χ3n) is 9.48. The van der Waals surface area contributed by atoms with E-state index in [1.54, 1.807) is 0 Å². The third-order valence-corrected chi connectivity index (χ3v) is 11.8. The number of aryl methyl sites for hydroxylation is 2. The summed E-state index contributed by atoms with van der Waals surface area (Å²) >= 11 is 3.76. The van der Waals surface area contributed by atoms with E-state index in [4.69, 9.17) is 9.37 Å². The molecule has 4 aromatic rings. The fraction of sp³-hybridized carbons (Fsp3) is 0.622. The molecule has 1 aliphatic heterocycles. The molecule has 0 amide bonds. The molecule has 0 saturated heterocycles. The van der Waals surface area contributed by atoms with Crippen LogP contribution >= 0.6 is 22.7 Å². The van der Waals surface area contributed by atoms with Gasteiger partial charge in [0.05, 0.1) is 9.75 Å². The molecule has 1 aromatic carbocycles. The molecule has 0 aliphatic carbocycles. The summed E-state index contributed by atoms with van der Waals surface area (Å²) < 4.78 is 12.5. The average Bonchev–Trinajstić information content (AvgIpc) is 3.69. The third kappa shape index (κ3) is 7.39. The van der Waals surface area contributed by atoms with E-state index in [2.05, 4.69) is 90.0 Å². The second kappa shape index (κ2) is 13.9. The standard InChI is InChI=1S/C37H52N2O2S2/c1-23(2)11-9-13-25(5)17-19-37(20-18-26(6)14-10-12-24(3)4)30-22-32(29-16-15-27(7)33-34(29)39-41-38-33)43-35(30)36-31(40-37)21-28(8)42-36/h15-16,21-26H,9-14,17-20H2,1-8H3. The molecule has 2 atom stereocenters. The lowest BCUT2D eigenvalue weighted by Gasteiger charge is -2.39. The Labute approximate surface area is 267 Å². The van der Waals surface area contributed by atoms with Crippen LogP contribution in [0.5, 0.6) is 5.75 Å². The monoisotopic (exact) mass is 620 g/mol. The van der Waals surface area contributed by atoms with Gasteiger partial charge in [-0.2, -0.15) is 0 Å². The van der Waals surface area contributed by atoms with Crippen molar-refractivity contribution in [1.29, 1.82) is 0 Å². The molecule has 2 unspecified atom stereocenters. The Balaban J connectivity index is 1.50. The molecule has 0 saturated carbocycles. The number of fused-ring (bicyclic) bond motifs is 4. The summed E-state index contributed by atoms with van der Waals surface area (Å²) in [6.45, 7) is 18.5. The van der Waals surface area contributed by atoms with E-state index in [0.717, 1.165) is 52.6 Å². The number of rotatable bonds is 15. The quantitative estimate of drug-likeness (QED) is 0.133. The Bertz CT molecular complexity index is 1470. The number of ether oxygens (including phenoxy) is 1. The van der Waals surface area contributed by atoms with E-state index < -0.39 is 0 Å². The molecule has 0 N–H and O–H groups in total. The molecule has 5 rings (SSSR count). The van der Waals surface area contributed by atoms with Gasteiger partial charge in [0.2, 0.25) is 0 Å². The highest BCUT2D eigenvalue weighted by atomic mass is 32.1. The van der Waals surface area contributed by atoms with Crippen molar-refractivity contribution in [3.05, 3.63) is 40.3 Å². The Morgan fingerprint density at radius 3 is 1.98 bits per heavy atom. The molecule has 234 valence electrons. The highest BCUT2D eigenvalue weighted by Gasteiger charge is 2.43. The highest BCUT2D eigenvalue weighted by molar-refractivity contribution is 7.24. The average molecular weight is 621 g/mol.